The van der Waals surface area contributed by atoms with E-state index in [-0.39, 0.29) is 11.3 Å². The molecule has 0 aliphatic heterocycles. The van der Waals surface area contributed by atoms with Crippen molar-refractivity contribution >= 4 is 34.1 Å². The first-order chi connectivity index (χ1) is 13.4. The third kappa shape index (κ3) is 3.40. The molecule has 1 aromatic carbocycles. The van der Waals surface area contributed by atoms with Crippen molar-refractivity contribution < 1.29 is 13.9 Å². The molecule has 1 fully saturated rings. The smallest absolute Gasteiger partial charge is 0.412 e. The van der Waals surface area contributed by atoms with Crippen molar-refractivity contribution in [3.05, 3.63) is 42.1 Å². The molecule has 28 heavy (non-hydrogen) atoms. The lowest BCUT2D eigenvalue weighted by Gasteiger charge is -2.13. The molecule has 1 amide bonds. The molecule has 2 aromatic heterocycles. The highest BCUT2D eigenvalue weighted by Gasteiger charge is 2.23. The van der Waals surface area contributed by atoms with Crippen molar-refractivity contribution in [2.45, 2.75) is 19.8 Å². The number of fused-ring (bicyclic) bond motifs is 1. The van der Waals surface area contributed by atoms with Crippen LogP contribution in [0, 0.1) is 18.7 Å². The highest BCUT2D eigenvalue weighted by Crippen LogP contribution is 2.36. The maximum atomic E-state index is 14.9. The number of benzene rings is 1. The molecule has 1 aliphatic rings. The van der Waals surface area contributed by atoms with Gasteiger partial charge in [0, 0.05) is 28.9 Å². The van der Waals surface area contributed by atoms with Crippen LogP contribution >= 0.6 is 0 Å². The van der Waals surface area contributed by atoms with E-state index in [1.807, 2.05) is 0 Å². The molecule has 0 spiro atoms. The SMILES string of the molecule is Cc1c(N)cncc1-c1cc2cc(NC(=O)OCC3CC3)ncc2c(N)c1F. The molecule has 5 N–H and O–H groups in total. The van der Waals surface area contributed by atoms with Crippen LogP contribution in [0.3, 0.4) is 0 Å². The predicted octanol–water partition coefficient (Wildman–Crippen LogP) is 3.87. The van der Waals surface area contributed by atoms with Gasteiger partial charge < -0.3 is 16.2 Å². The predicted molar refractivity (Wildman–Crippen MR) is 106 cm³/mol. The van der Waals surface area contributed by atoms with Gasteiger partial charge in [0.1, 0.15) is 5.82 Å². The highest BCUT2D eigenvalue weighted by atomic mass is 19.1. The number of anilines is 3. The Morgan fingerprint density at radius 2 is 2.04 bits per heavy atom. The van der Waals surface area contributed by atoms with Crippen molar-refractivity contribution in [1.82, 2.24) is 9.97 Å². The fourth-order valence-electron chi connectivity index (χ4n) is 2.99. The van der Waals surface area contributed by atoms with E-state index in [2.05, 4.69) is 15.3 Å². The molecule has 0 bridgehead atoms. The number of pyridine rings is 2. The fraction of sp³-hybridized carbons (Fsp3) is 0.250. The van der Waals surface area contributed by atoms with Gasteiger partial charge in [0.05, 0.1) is 24.2 Å². The van der Waals surface area contributed by atoms with Crippen molar-refractivity contribution in [3.8, 4) is 11.1 Å². The number of nitrogens with two attached hydrogens (primary N) is 2. The number of aromatic nitrogens is 2. The van der Waals surface area contributed by atoms with Crippen LogP contribution in [0.25, 0.3) is 21.9 Å². The zero-order valence-electron chi connectivity index (χ0n) is 15.3. The Kier molecular flexibility index (Phi) is 4.46. The Hall–Kier alpha value is -3.42. The van der Waals surface area contributed by atoms with E-state index >= 15 is 0 Å². The number of nitrogen functional groups attached to an aromatic ring is 2. The number of halogens is 1. The van der Waals surface area contributed by atoms with E-state index in [1.54, 1.807) is 25.3 Å². The van der Waals surface area contributed by atoms with E-state index in [1.165, 1.54) is 12.4 Å². The lowest BCUT2D eigenvalue weighted by molar-refractivity contribution is 0.156. The van der Waals surface area contributed by atoms with Crippen molar-refractivity contribution in [3.63, 3.8) is 0 Å². The highest BCUT2D eigenvalue weighted by molar-refractivity contribution is 5.99. The summed E-state index contributed by atoms with van der Waals surface area (Å²) in [4.78, 5) is 20.1. The second-order valence-electron chi connectivity index (χ2n) is 7.01. The van der Waals surface area contributed by atoms with Crippen LogP contribution in [0.4, 0.5) is 26.4 Å². The summed E-state index contributed by atoms with van der Waals surface area (Å²) in [5.74, 6) is 0.206. The molecule has 2 heterocycles. The maximum absolute atomic E-state index is 14.9. The van der Waals surface area contributed by atoms with Gasteiger partial charge in [-0.05, 0) is 48.8 Å². The second-order valence-corrected chi connectivity index (χ2v) is 7.01. The molecule has 0 unspecified atom stereocenters. The lowest BCUT2D eigenvalue weighted by Crippen LogP contribution is -2.15. The van der Waals surface area contributed by atoms with E-state index in [0.29, 0.717) is 45.9 Å². The molecule has 1 saturated carbocycles. The van der Waals surface area contributed by atoms with Crippen molar-refractivity contribution in [2.75, 3.05) is 23.4 Å². The fourth-order valence-corrected chi connectivity index (χ4v) is 2.99. The van der Waals surface area contributed by atoms with Crippen molar-refractivity contribution in [1.29, 1.82) is 0 Å². The van der Waals surface area contributed by atoms with Crippen LogP contribution in [0.15, 0.2) is 30.7 Å². The van der Waals surface area contributed by atoms with Crippen LogP contribution in [-0.4, -0.2) is 22.7 Å². The topological polar surface area (TPSA) is 116 Å². The summed E-state index contributed by atoms with van der Waals surface area (Å²) in [5.41, 5.74) is 13.9. The first-order valence-electron chi connectivity index (χ1n) is 8.96. The minimum Gasteiger partial charge on any atom is -0.449 e. The van der Waals surface area contributed by atoms with E-state index < -0.39 is 11.9 Å². The number of hydrogen-bond acceptors (Lipinski definition) is 6. The Bertz CT molecular complexity index is 1080. The monoisotopic (exact) mass is 381 g/mol. The lowest BCUT2D eigenvalue weighted by atomic mass is 9.97. The van der Waals surface area contributed by atoms with Gasteiger partial charge >= 0.3 is 6.09 Å². The van der Waals surface area contributed by atoms with Crippen molar-refractivity contribution in [2.24, 2.45) is 5.92 Å². The first-order valence-corrected chi connectivity index (χ1v) is 8.96. The van der Waals surface area contributed by atoms with Crippen LogP contribution in [0.2, 0.25) is 0 Å². The molecular weight excluding hydrogens is 361 g/mol. The summed E-state index contributed by atoms with van der Waals surface area (Å²) in [7, 11) is 0. The summed E-state index contributed by atoms with van der Waals surface area (Å²) in [5, 5.41) is 3.67. The van der Waals surface area contributed by atoms with Gasteiger partial charge in [-0.15, -0.1) is 0 Å². The van der Waals surface area contributed by atoms with Crippen LogP contribution in [0.5, 0.6) is 0 Å². The van der Waals surface area contributed by atoms with Gasteiger partial charge in [0.25, 0.3) is 0 Å². The molecule has 3 aromatic rings. The quantitative estimate of drug-likeness (QED) is 0.591. The van der Waals surface area contributed by atoms with Crippen LogP contribution < -0.4 is 16.8 Å². The minimum absolute atomic E-state index is 0.0234. The number of carbonyl (C=O) groups is 1. The Morgan fingerprint density at radius 3 is 2.79 bits per heavy atom. The molecule has 7 nitrogen and oxygen atoms in total. The summed E-state index contributed by atoms with van der Waals surface area (Å²) in [6.45, 7) is 2.20. The molecule has 0 atom stereocenters. The molecule has 8 heteroatoms. The number of nitrogens with zero attached hydrogens (tertiary/aromatic N) is 2. The number of nitrogens with one attached hydrogen (secondary N) is 1. The number of hydrogen-bond donors (Lipinski definition) is 3. The number of ether oxygens (including phenoxy) is 1. The van der Waals surface area contributed by atoms with Gasteiger partial charge in [0.2, 0.25) is 0 Å². The zero-order chi connectivity index (χ0) is 19.8. The summed E-state index contributed by atoms with van der Waals surface area (Å²) in [6, 6.07) is 3.27. The Morgan fingerprint density at radius 1 is 1.25 bits per heavy atom. The molecule has 144 valence electrons. The first kappa shape index (κ1) is 18.0. The van der Waals surface area contributed by atoms with Gasteiger partial charge in [-0.25, -0.2) is 14.2 Å². The van der Waals surface area contributed by atoms with E-state index in [9.17, 15) is 9.18 Å². The van der Waals surface area contributed by atoms with E-state index in [4.69, 9.17) is 16.2 Å². The van der Waals surface area contributed by atoms with Gasteiger partial charge in [-0.1, -0.05) is 0 Å². The zero-order valence-corrected chi connectivity index (χ0v) is 15.3. The minimum atomic E-state index is -0.565. The maximum Gasteiger partial charge on any atom is 0.412 e. The second kappa shape index (κ2) is 6.95. The van der Waals surface area contributed by atoms with Crippen LogP contribution in [0.1, 0.15) is 18.4 Å². The largest absolute Gasteiger partial charge is 0.449 e. The molecule has 4 rings (SSSR count). The number of rotatable bonds is 4. The average Bonchev–Trinajstić information content (AvgIpc) is 3.50. The molecule has 1 aliphatic carbocycles. The normalized spacial score (nSPS) is 13.5. The van der Waals surface area contributed by atoms with Crippen LogP contribution in [-0.2, 0) is 4.74 Å². The van der Waals surface area contributed by atoms with Gasteiger partial charge in [0.15, 0.2) is 5.82 Å². The average molecular weight is 381 g/mol. The molecule has 0 radical (unpaired) electrons. The number of carbonyl (C=O) groups excluding carboxylic acids is 1. The van der Waals surface area contributed by atoms with Gasteiger partial charge in [-0.3, -0.25) is 10.3 Å². The molecular formula is C20H20FN5O2. The summed E-state index contributed by atoms with van der Waals surface area (Å²) in [6.07, 6.45) is 6.11. The van der Waals surface area contributed by atoms with E-state index in [0.717, 1.165) is 12.8 Å². The van der Waals surface area contributed by atoms with Gasteiger partial charge in [-0.2, -0.15) is 0 Å². The third-order valence-electron chi connectivity index (χ3n) is 4.92. The number of amides is 1. The summed E-state index contributed by atoms with van der Waals surface area (Å²) >= 11 is 0. The standard InChI is InChI=1S/C20H20FN5O2/c1-10-14(6-24-8-16(10)22)13-4-12-5-17(25-7-15(12)19(23)18(13)21)26-20(27)28-9-11-2-3-11/h4-8,11H,2-3,9,22-23H2,1H3,(H,25,26,27). The Labute approximate surface area is 160 Å². The Balaban J connectivity index is 1.70. The third-order valence-corrected chi connectivity index (χ3v) is 4.92. The molecule has 0 saturated heterocycles. The summed E-state index contributed by atoms with van der Waals surface area (Å²) < 4.78 is 20.1.